The third-order valence-electron chi connectivity index (χ3n) is 2.79. The molecule has 0 saturated heterocycles. The van der Waals surface area contributed by atoms with Crippen molar-refractivity contribution >= 4 is 5.91 Å². The van der Waals surface area contributed by atoms with Gasteiger partial charge < -0.3 is 19.7 Å². The molecule has 1 aromatic rings. The van der Waals surface area contributed by atoms with Gasteiger partial charge in [-0.1, -0.05) is 12.1 Å². The van der Waals surface area contributed by atoms with Crippen molar-refractivity contribution in [2.45, 2.75) is 19.9 Å². The number of benzene rings is 1. The molecule has 0 fully saturated rings. The lowest BCUT2D eigenvalue weighted by Crippen LogP contribution is -2.23. The Balaban J connectivity index is 2.76. The number of rotatable bonds is 8. The van der Waals surface area contributed by atoms with E-state index >= 15 is 0 Å². The molecule has 0 aliphatic rings. The summed E-state index contributed by atoms with van der Waals surface area (Å²) in [5, 5.41) is 3.10. The standard InChI is InChI=1S/C15H24N2O3/c1-5-19-13-8-6-7-12(11-16-2)15(13)20-10-9-14(18)17(3)4/h6-8,16H,5,9-11H2,1-4H3. The highest BCUT2D eigenvalue weighted by Crippen LogP contribution is 2.31. The van der Waals surface area contributed by atoms with Crippen molar-refractivity contribution in [3.8, 4) is 11.5 Å². The van der Waals surface area contributed by atoms with Gasteiger partial charge in [-0.05, 0) is 20.0 Å². The Hall–Kier alpha value is -1.75. The fraction of sp³-hybridized carbons (Fsp3) is 0.533. The van der Waals surface area contributed by atoms with E-state index in [4.69, 9.17) is 9.47 Å². The third kappa shape index (κ3) is 4.74. The van der Waals surface area contributed by atoms with Crippen LogP contribution in [-0.4, -0.2) is 45.2 Å². The molecule has 0 saturated carbocycles. The molecule has 0 heterocycles. The van der Waals surface area contributed by atoms with Gasteiger partial charge in [-0.15, -0.1) is 0 Å². The zero-order valence-electron chi connectivity index (χ0n) is 12.7. The highest BCUT2D eigenvalue weighted by molar-refractivity contribution is 5.75. The first-order valence-electron chi connectivity index (χ1n) is 6.82. The molecular formula is C15H24N2O3. The quantitative estimate of drug-likeness (QED) is 0.787. The normalized spacial score (nSPS) is 10.2. The Kier molecular flexibility index (Phi) is 6.87. The summed E-state index contributed by atoms with van der Waals surface area (Å²) in [6.45, 7) is 3.55. The number of para-hydroxylation sites is 1. The fourth-order valence-electron chi connectivity index (χ4n) is 1.79. The van der Waals surface area contributed by atoms with Crippen LogP contribution in [0.5, 0.6) is 11.5 Å². The Morgan fingerprint density at radius 2 is 2.05 bits per heavy atom. The second-order valence-corrected chi connectivity index (χ2v) is 4.59. The summed E-state index contributed by atoms with van der Waals surface area (Å²) in [7, 11) is 5.36. The third-order valence-corrected chi connectivity index (χ3v) is 2.79. The number of hydrogen-bond acceptors (Lipinski definition) is 4. The van der Waals surface area contributed by atoms with Crippen molar-refractivity contribution in [2.75, 3.05) is 34.4 Å². The van der Waals surface area contributed by atoms with Crippen LogP contribution in [0.3, 0.4) is 0 Å². The average Bonchev–Trinajstić information content (AvgIpc) is 2.41. The Morgan fingerprint density at radius 1 is 1.30 bits per heavy atom. The molecule has 0 spiro atoms. The van der Waals surface area contributed by atoms with Crippen molar-refractivity contribution < 1.29 is 14.3 Å². The second-order valence-electron chi connectivity index (χ2n) is 4.59. The summed E-state index contributed by atoms with van der Waals surface area (Å²) >= 11 is 0. The molecule has 0 bridgehead atoms. The zero-order valence-corrected chi connectivity index (χ0v) is 12.7. The highest BCUT2D eigenvalue weighted by atomic mass is 16.5. The summed E-state index contributed by atoms with van der Waals surface area (Å²) in [5.41, 5.74) is 1.02. The van der Waals surface area contributed by atoms with Gasteiger partial charge in [0.25, 0.3) is 0 Å². The van der Waals surface area contributed by atoms with E-state index in [1.54, 1.807) is 19.0 Å². The fourth-order valence-corrected chi connectivity index (χ4v) is 1.79. The van der Waals surface area contributed by atoms with Crippen LogP contribution in [0, 0.1) is 0 Å². The molecular weight excluding hydrogens is 256 g/mol. The first-order valence-corrected chi connectivity index (χ1v) is 6.82. The van der Waals surface area contributed by atoms with Gasteiger partial charge in [0.2, 0.25) is 5.91 Å². The van der Waals surface area contributed by atoms with E-state index in [0.29, 0.717) is 26.2 Å². The van der Waals surface area contributed by atoms with Crippen LogP contribution < -0.4 is 14.8 Å². The van der Waals surface area contributed by atoms with Crippen molar-refractivity contribution in [2.24, 2.45) is 0 Å². The summed E-state index contributed by atoms with van der Waals surface area (Å²) in [4.78, 5) is 13.1. The SMILES string of the molecule is CCOc1cccc(CNC)c1OCCC(=O)N(C)C. The monoisotopic (exact) mass is 280 g/mol. The molecule has 5 heteroatoms. The summed E-state index contributed by atoms with van der Waals surface area (Å²) in [6.07, 6.45) is 0.354. The van der Waals surface area contributed by atoms with Gasteiger partial charge in [0.15, 0.2) is 11.5 Å². The van der Waals surface area contributed by atoms with Crippen LogP contribution >= 0.6 is 0 Å². The number of amides is 1. The number of nitrogens with zero attached hydrogens (tertiary/aromatic N) is 1. The Morgan fingerprint density at radius 3 is 2.65 bits per heavy atom. The van der Waals surface area contributed by atoms with Gasteiger partial charge in [-0.3, -0.25) is 4.79 Å². The predicted molar refractivity (Wildman–Crippen MR) is 79.2 cm³/mol. The van der Waals surface area contributed by atoms with Crippen LogP contribution in [0.2, 0.25) is 0 Å². The van der Waals surface area contributed by atoms with Crippen molar-refractivity contribution in [1.29, 1.82) is 0 Å². The second kappa shape index (κ2) is 8.43. The first kappa shape index (κ1) is 16.3. The minimum absolute atomic E-state index is 0.0501. The van der Waals surface area contributed by atoms with E-state index in [0.717, 1.165) is 17.1 Å². The lowest BCUT2D eigenvalue weighted by molar-refractivity contribution is -0.129. The molecule has 5 nitrogen and oxygen atoms in total. The van der Waals surface area contributed by atoms with Crippen molar-refractivity contribution in [3.63, 3.8) is 0 Å². The maximum atomic E-state index is 11.6. The molecule has 1 amide bonds. The minimum atomic E-state index is 0.0501. The number of nitrogens with one attached hydrogen (secondary N) is 1. The predicted octanol–water partition coefficient (Wildman–Crippen LogP) is 1.66. The molecule has 20 heavy (non-hydrogen) atoms. The van der Waals surface area contributed by atoms with E-state index in [9.17, 15) is 4.79 Å². The molecule has 0 aliphatic carbocycles. The van der Waals surface area contributed by atoms with E-state index in [2.05, 4.69) is 5.32 Å². The minimum Gasteiger partial charge on any atom is -0.490 e. The van der Waals surface area contributed by atoms with Crippen LogP contribution in [0.25, 0.3) is 0 Å². The molecule has 0 unspecified atom stereocenters. The lowest BCUT2D eigenvalue weighted by atomic mass is 10.2. The van der Waals surface area contributed by atoms with Crippen LogP contribution in [0.4, 0.5) is 0 Å². The highest BCUT2D eigenvalue weighted by Gasteiger charge is 2.12. The maximum absolute atomic E-state index is 11.6. The summed E-state index contributed by atoms with van der Waals surface area (Å²) in [5.74, 6) is 1.49. The van der Waals surface area contributed by atoms with E-state index in [1.165, 1.54) is 0 Å². The molecule has 0 atom stereocenters. The van der Waals surface area contributed by atoms with Crippen LogP contribution in [0.15, 0.2) is 18.2 Å². The molecule has 0 aliphatic heterocycles. The molecule has 1 N–H and O–H groups in total. The van der Waals surface area contributed by atoms with Gasteiger partial charge in [0.1, 0.15) is 0 Å². The van der Waals surface area contributed by atoms with E-state index in [-0.39, 0.29) is 5.91 Å². The molecule has 0 aromatic heterocycles. The zero-order chi connectivity index (χ0) is 15.0. The van der Waals surface area contributed by atoms with E-state index < -0.39 is 0 Å². The summed E-state index contributed by atoms with van der Waals surface area (Å²) in [6, 6.07) is 5.81. The molecule has 112 valence electrons. The van der Waals surface area contributed by atoms with E-state index in [1.807, 2.05) is 32.2 Å². The summed E-state index contributed by atoms with van der Waals surface area (Å²) < 4.78 is 11.4. The number of carbonyl (C=O) groups excluding carboxylic acids is 1. The van der Waals surface area contributed by atoms with Gasteiger partial charge in [-0.2, -0.15) is 0 Å². The van der Waals surface area contributed by atoms with Crippen molar-refractivity contribution in [3.05, 3.63) is 23.8 Å². The first-order chi connectivity index (χ1) is 9.60. The largest absolute Gasteiger partial charge is 0.490 e. The Labute approximate surface area is 120 Å². The average molecular weight is 280 g/mol. The maximum Gasteiger partial charge on any atom is 0.225 e. The van der Waals surface area contributed by atoms with Crippen LogP contribution in [-0.2, 0) is 11.3 Å². The number of hydrogen-bond donors (Lipinski definition) is 1. The topological polar surface area (TPSA) is 50.8 Å². The molecule has 1 aromatic carbocycles. The van der Waals surface area contributed by atoms with Gasteiger partial charge in [0, 0.05) is 26.2 Å². The molecule has 1 rings (SSSR count). The van der Waals surface area contributed by atoms with Gasteiger partial charge >= 0.3 is 0 Å². The van der Waals surface area contributed by atoms with Gasteiger partial charge in [-0.25, -0.2) is 0 Å². The number of ether oxygens (including phenoxy) is 2. The van der Waals surface area contributed by atoms with Crippen LogP contribution in [0.1, 0.15) is 18.9 Å². The van der Waals surface area contributed by atoms with Crippen molar-refractivity contribution in [1.82, 2.24) is 10.2 Å². The Bertz CT molecular complexity index is 409. The van der Waals surface area contributed by atoms with Gasteiger partial charge in [0.05, 0.1) is 19.6 Å². The number of carbonyl (C=O) groups is 1. The lowest BCUT2D eigenvalue weighted by Gasteiger charge is -2.16. The smallest absolute Gasteiger partial charge is 0.225 e. The molecule has 0 radical (unpaired) electrons.